The molecule has 0 aliphatic heterocycles. The molecule has 3 heterocycles. The number of benzene rings is 1. The third-order valence-corrected chi connectivity index (χ3v) is 4.42. The molecule has 0 fully saturated rings. The third-order valence-electron chi connectivity index (χ3n) is 4.42. The van der Waals surface area contributed by atoms with Gasteiger partial charge in [-0.25, -0.2) is 14.8 Å². The molecule has 0 saturated carbocycles. The van der Waals surface area contributed by atoms with Gasteiger partial charge in [-0.3, -0.25) is 0 Å². The maximum Gasteiger partial charge on any atom is 0.337 e. The molecule has 7 nitrogen and oxygen atoms in total. The number of rotatable bonds is 3. The number of nitrogens with one attached hydrogen (secondary N) is 1. The molecular formula is C18H17N5O2. The summed E-state index contributed by atoms with van der Waals surface area (Å²) in [7, 11) is 0. The number of H-pyrrole nitrogens is 1. The van der Waals surface area contributed by atoms with Crippen LogP contribution in [0.1, 0.15) is 30.2 Å². The summed E-state index contributed by atoms with van der Waals surface area (Å²) in [6.45, 7) is 4.16. The molecule has 3 aromatic heterocycles. The predicted octanol–water partition coefficient (Wildman–Crippen LogP) is 3.44. The van der Waals surface area contributed by atoms with E-state index in [2.05, 4.69) is 33.4 Å². The van der Waals surface area contributed by atoms with Crippen LogP contribution in [0.15, 0.2) is 36.9 Å². The molecule has 1 aromatic carbocycles. The zero-order valence-electron chi connectivity index (χ0n) is 13.8. The number of fused-ring (bicyclic) bond motifs is 2. The molecule has 0 amide bonds. The van der Waals surface area contributed by atoms with E-state index in [0.717, 1.165) is 27.7 Å². The Morgan fingerprint density at radius 2 is 2.12 bits per heavy atom. The van der Waals surface area contributed by atoms with Gasteiger partial charge in [0.2, 0.25) is 0 Å². The first-order chi connectivity index (χ1) is 12.0. The monoisotopic (exact) mass is 335 g/mol. The fourth-order valence-corrected chi connectivity index (χ4v) is 3.19. The Morgan fingerprint density at radius 3 is 2.84 bits per heavy atom. The first-order valence-corrected chi connectivity index (χ1v) is 7.93. The zero-order chi connectivity index (χ0) is 17.7. The van der Waals surface area contributed by atoms with Crippen molar-refractivity contribution in [1.82, 2.24) is 19.5 Å². The SMILES string of the molecule is CC(C)n1cc(-c2ccc3c(C(=O)O)c[nH]c3c2)c2c(N)ncnc21. The molecule has 0 atom stereocenters. The second kappa shape index (κ2) is 5.34. The highest BCUT2D eigenvalue weighted by atomic mass is 16.4. The van der Waals surface area contributed by atoms with Crippen molar-refractivity contribution in [3.05, 3.63) is 42.5 Å². The Balaban J connectivity index is 1.98. The number of aromatic nitrogens is 4. The highest BCUT2D eigenvalue weighted by Crippen LogP contribution is 2.35. The molecule has 0 radical (unpaired) electrons. The van der Waals surface area contributed by atoms with Gasteiger partial charge in [0.05, 0.1) is 10.9 Å². The van der Waals surface area contributed by atoms with Gasteiger partial charge in [-0.2, -0.15) is 0 Å². The lowest BCUT2D eigenvalue weighted by atomic mass is 10.0. The van der Waals surface area contributed by atoms with E-state index >= 15 is 0 Å². The van der Waals surface area contributed by atoms with Crippen molar-refractivity contribution in [2.45, 2.75) is 19.9 Å². The van der Waals surface area contributed by atoms with Crippen LogP contribution in [0, 0.1) is 0 Å². The number of aromatic amines is 1. The number of aromatic carboxylic acids is 1. The number of anilines is 1. The van der Waals surface area contributed by atoms with Crippen molar-refractivity contribution >= 4 is 33.7 Å². The Kier molecular flexibility index (Phi) is 3.24. The summed E-state index contributed by atoms with van der Waals surface area (Å²) in [6.07, 6.45) is 4.99. The molecule has 7 heteroatoms. The lowest BCUT2D eigenvalue weighted by Gasteiger charge is -2.07. The Morgan fingerprint density at radius 1 is 1.32 bits per heavy atom. The number of hydrogen-bond acceptors (Lipinski definition) is 4. The maximum atomic E-state index is 11.3. The summed E-state index contributed by atoms with van der Waals surface area (Å²) in [5, 5.41) is 10.7. The van der Waals surface area contributed by atoms with Gasteiger partial charge in [0, 0.05) is 34.9 Å². The second-order valence-electron chi connectivity index (χ2n) is 6.27. The molecule has 4 aromatic rings. The molecule has 4 N–H and O–H groups in total. The van der Waals surface area contributed by atoms with Gasteiger partial charge in [-0.1, -0.05) is 12.1 Å². The maximum absolute atomic E-state index is 11.3. The van der Waals surface area contributed by atoms with E-state index in [0.29, 0.717) is 11.2 Å². The number of nitrogens with zero attached hydrogens (tertiary/aromatic N) is 3. The van der Waals surface area contributed by atoms with E-state index in [9.17, 15) is 9.90 Å². The average molecular weight is 335 g/mol. The molecule has 0 aliphatic carbocycles. The molecule has 126 valence electrons. The summed E-state index contributed by atoms with van der Waals surface area (Å²) in [4.78, 5) is 22.8. The Bertz CT molecular complexity index is 1120. The molecule has 0 aliphatic rings. The Hall–Kier alpha value is -3.35. The van der Waals surface area contributed by atoms with Crippen LogP contribution in [0.3, 0.4) is 0 Å². The van der Waals surface area contributed by atoms with Crippen molar-refractivity contribution in [2.24, 2.45) is 0 Å². The van der Waals surface area contributed by atoms with Gasteiger partial charge in [-0.15, -0.1) is 0 Å². The van der Waals surface area contributed by atoms with Gasteiger partial charge in [-0.05, 0) is 25.5 Å². The predicted molar refractivity (Wildman–Crippen MR) is 96.6 cm³/mol. The minimum atomic E-state index is -0.951. The van der Waals surface area contributed by atoms with E-state index < -0.39 is 5.97 Å². The first kappa shape index (κ1) is 15.2. The third kappa shape index (κ3) is 2.24. The van der Waals surface area contributed by atoms with E-state index in [1.54, 1.807) is 0 Å². The van der Waals surface area contributed by atoms with Crippen LogP contribution < -0.4 is 5.73 Å². The van der Waals surface area contributed by atoms with Crippen LogP contribution in [-0.4, -0.2) is 30.6 Å². The summed E-state index contributed by atoms with van der Waals surface area (Å²) >= 11 is 0. The smallest absolute Gasteiger partial charge is 0.337 e. The van der Waals surface area contributed by atoms with Crippen LogP contribution in [0.2, 0.25) is 0 Å². The number of hydrogen-bond donors (Lipinski definition) is 3. The number of nitrogens with two attached hydrogens (primary N) is 1. The standard InChI is InChI=1S/C18H17N5O2/c1-9(2)23-7-13(15-16(19)21-8-22-17(15)23)10-3-4-11-12(18(24)25)6-20-14(11)5-10/h3-9,20H,1-2H3,(H,24,25)(H2,19,21,22). The fourth-order valence-electron chi connectivity index (χ4n) is 3.19. The van der Waals surface area contributed by atoms with Crippen molar-refractivity contribution < 1.29 is 9.90 Å². The zero-order valence-corrected chi connectivity index (χ0v) is 13.8. The van der Waals surface area contributed by atoms with Gasteiger partial charge < -0.3 is 20.4 Å². The summed E-state index contributed by atoms with van der Waals surface area (Å²) in [6, 6.07) is 5.85. The molecule has 4 rings (SSSR count). The minimum Gasteiger partial charge on any atom is -0.478 e. The molecule has 0 spiro atoms. The second-order valence-corrected chi connectivity index (χ2v) is 6.27. The number of carboxylic acid groups (broad SMARTS) is 1. The van der Waals surface area contributed by atoms with Crippen LogP contribution >= 0.6 is 0 Å². The van der Waals surface area contributed by atoms with Crippen LogP contribution in [0.25, 0.3) is 33.1 Å². The topological polar surface area (TPSA) is 110 Å². The van der Waals surface area contributed by atoms with Crippen LogP contribution in [-0.2, 0) is 0 Å². The van der Waals surface area contributed by atoms with Crippen molar-refractivity contribution in [2.75, 3.05) is 5.73 Å². The molecule has 0 saturated heterocycles. The lowest BCUT2D eigenvalue weighted by molar-refractivity contribution is 0.0699. The minimum absolute atomic E-state index is 0.221. The van der Waals surface area contributed by atoms with E-state index in [-0.39, 0.29) is 11.6 Å². The highest BCUT2D eigenvalue weighted by molar-refractivity contribution is 6.06. The van der Waals surface area contributed by atoms with Crippen molar-refractivity contribution in [3.63, 3.8) is 0 Å². The largest absolute Gasteiger partial charge is 0.478 e. The summed E-state index contributed by atoms with van der Waals surface area (Å²) in [5.41, 5.74) is 9.77. The quantitative estimate of drug-likeness (QED) is 0.531. The fraction of sp³-hybridized carbons (Fsp3) is 0.167. The normalized spacial score (nSPS) is 11.6. The molecule has 0 unspecified atom stereocenters. The van der Waals surface area contributed by atoms with Crippen molar-refractivity contribution in [3.8, 4) is 11.1 Å². The molecule has 25 heavy (non-hydrogen) atoms. The van der Waals surface area contributed by atoms with E-state index in [1.807, 2.05) is 24.4 Å². The molecular weight excluding hydrogens is 318 g/mol. The van der Waals surface area contributed by atoms with E-state index in [1.165, 1.54) is 12.5 Å². The number of carbonyl (C=O) groups is 1. The van der Waals surface area contributed by atoms with Gasteiger partial charge >= 0.3 is 5.97 Å². The van der Waals surface area contributed by atoms with E-state index in [4.69, 9.17) is 5.73 Å². The van der Waals surface area contributed by atoms with Crippen LogP contribution in [0.5, 0.6) is 0 Å². The van der Waals surface area contributed by atoms with Gasteiger partial charge in [0.15, 0.2) is 0 Å². The average Bonchev–Trinajstić information content (AvgIpc) is 3.16. The Labute approximate surface area is 143 Å². The number of carboxylic acids is 1. The van der Waals surface area contributed by atoms with Crippen LogP contribution in [0.4, 0.5) is 5.82 Å². The first-order valence-electron chi connectivity index (χ1n) is 7.93. The molecule has 0 bridgehead atoms. The highest BCUT2D eigenvalue weighted by Gasteiger charge is 2.18. The lowest BCUT2D eigenvalue weighted by Crippen LogP contribution is -2.00. The van der Waals surface area contributed by atoms with Crippen molar-refractivity contribution in [1.29, 1.82) is 0 Å². The van der Waals surface area contributed by atoms with Gasteiger partial charge in [0.25, 0.3) is 0 Å². The summed E-state index contributed by atoms with van der Waals surface area (Å²) < 4.78 is 2.06. The van der Waals surface area contributed by atoms with Gasteiger partial charge in [0.1, 0.15) is 17.8 Å². The summed E-state index contributed by atoms with van der Waals surface area (Å²) in [5.74, 6) is -0.523. The number of nitrogen functional groups attached to an aromatic ring is 1.